The number of hydrogen-bond acceptors (Lipinski definition) is 3. The van der Waals surface area contributed by atoms with Crippen LogP contribution in [0.3, 0.4) is 0 Å². The molecule has 3 nitrogen and oxygen atoms in total. The zero-order chi connectivity index (χ0) is 9.19. The third-order valence-corrected chi connectivity index (χ3v) is 0.994. The molecule has 0 N–H and O–H groups in total. The Labute approximate surface area is 66.2 Å². The van der Waals surface area contributed by atoms with Crippen molar-refractivity contribution < 1.29 is 17.9 Å². The molecular formula is C6H5F3N2O. The molecule has 0 radical (unpaired) electrons. The maximum atomic E-state index is 11.6. The number of rotatable bonds is 1. The second kappa shape index (κ2) is 2.96. The van der Waals surface area contributed by atoms with Crippen LogP contribution in [0.4, 0.5) is 13.2 Å². The molecule has 1 rings (SSSR count). The first-order chi connectivity index (χ1) is 5.47. The Morgan fingerprint density at radius 3 is 2.33 bits per heavy atom. The van der Waals surface area contributed by atoms with Gasteiger partial charge in [-0.05, 0) is 13.0 Å². The molecule has 6 heteroatoms. The summed E-state index contributed by atoms with van der Waals surface area (Å²) >= 11 is 0. The van der Waals surface area contributed by atoms with E-state index in [1.165, 1.54) is 6.07 Å². The highest BCUT2D eigenvalue weighted by molar-refractivity contribution is 5.10. The van der Waals surface area contributed by atoms with Crippen molar-refractivity contribution in [1.82, 2.24) is 10.2 Å². The topological polar surface area (TPSA) is 35.0 Å². The van der Waals surface area contributed by atoms with Gasteiger partial charge in [0.1, 0.15) is 0 Å². The van der Waals surface area contributed by atoms with Gasteiger partial charge in [0.05, 0.1) is 5.69 Å². The third-order valence-electron chi connectivity index (χ3n) is 0.994. The Morgan fingerprint density at radius 2 is 1.92 bits per heavy atom. The van der Waals surface area contributed by atoms with E-state index in [1.54, 1.807) is 6.92 Å². The molecule has 0 bridgehead atoms. The highest BCUT2D eigenvalue weighted by Gasteiger charge is 2.31. The predicted octanol–water partition coefficient (Wildman–Crippen LogP) is 1.68. The Morgan fingerprint density at radius 1 is 1.25 bits per heavy atom. The molecule has 0 atom stereocenters. The van der Waals surface area contributed by atoms with Crippen molar-refractivity contribution >= 4 is 0 Å². The van der Waals surface area contributed by atoms with Gasteiger partial charge in [0.2, 0.25) is 5.88 Å². The van der Waals surface area contributed by atoms with Crippen LogP contribution >= 0.6 is 0 Å². The first kappa shape index (κ1) is 8.76. The van der Waals surface area contributed by atoms with Crippen molar-refractivity contribution in [3.8, 4) is 5.88 Å². The second-order valence-corrected chi connectivity index (χ2v) is 2.06. The first-order valence-electron chi connectivity index (χ1n) is 3.03. The van der Waals surface area contributed by atoms with Gasteiger partial charge in [-0.15, -0.1) is 18.3 Å². The molecule has 1 heterocycles. The molecule has 12 heavy (non-hydrogen) atoms. The number of hydrogen-bond donors (Lipinski definition) is 0. The van der Waals surface area contributed by atoms with Crippen LogP contribution in [-0.4, -0.2) is 16.6 Å². The van der Waals surface area contributed by atoms with E-state index in [1.807, 2.05) is 0 Å². The van der Waals surface area contributed by atoms with Gasteiger partial charge in [-0.2, -0.15) is 5.10 Å². The fraction of sp³-hybridized carbons (Fsp3) is 0.333. The normalized spacial score (nSPS) is 11.3. The minimum Gasteiger partial charge on any atom is -0.386 e. The summed E-state index contributed by atoms with van der Waals surface area (Å²) in [6.45, 7) is 1.62. The van der Waals surface area contributed by atoms with Crippen LogP contribution < -0.4 is 4.74 Å². The van der Waals surface area contributed by atoms with Crippen LogP contribution in [0.5, 0.6) is 5.88 Å². The van der Waals surface area contributed by atoms with Gasteiger partial charge in [-0.1, -0.05) is 0 Å². The summed E-state index contributed by atoms with van der Waals surface area (Å²) in [6.07, 6.45) is -4.70. The number of nitrogens with zero attached hydrogens (tertiary/aromatic N) is 2. The molecule has 0 aliphatic heterocycles. The summed E-state index contributed by atoms with van der Waals surface area (Å²) < 4.78 is 38.1. The summed E-state index contributed by atoms with van der Waals surface area (Å²) in [4.78, 5) is 0. The van der Waals surface area contributed by atoms with E-state index in [0.29, 0.717) is 5.69 Å². The van der Waals surface area contributed by atoms with E-state index >= 15 is 0 Å². The number of halogens is 3. The lowest BCUT2D eigenvalue weighted by Crippen LogP contribution is -2.18. The SMILES string of the molecule is Cc1ccc(OC(F)(F)F)nn1. The molecule has 0 saturated carbocycles. The van der Waals surface area contributed by atoms with Gasteiger partial charge < -0.3 is 4.74 Å². The fourth-order valence-corrected chi connectivity index (χ4v) is 0.560. The third kappa shape index (κ3) is 2.73. The van der Waals surface area contributed by atoms with Gasteiger partial charge in [0, 0.05) is 6.07 Å². The zero-order valence-corrected chi connectivity index (χ0v) is 6.09. The van der Waals surface area contributed by atoms with Crippen molar-refractivity contribution in [1.29, 1.82) is 0 Å². The molecule has 0 aliphatic carbocycles. The van der Waals surface area contributed by atoms with Crippen LogP contribution in [0.25, 0.3) is 0 Å². The Hall–Kier alpha value is -1.33. The fourth-order valence-electron chi connectivity index (χ4n) is 0.560. The number of ether oxygens (including phenoxy) is 1. The number of aryl methyl sites for hydroxylation is 1. The van der Waals surface area contributed by atoms with E-state index in [-0.39, 0.29) is 0 Å². The lowest BCUT2D eigenvalue weighted by atomic mass is 10.4. The van der Waals surface area contributed by atoms with E-state index in [4.69, 9.17) is 0 Å². The van der Waals surface area contributed by atoms with Gasteiger partial charge in [0.25, 0.3) is 0 Å². The van der Waals surface area contributed by atoms with E-state index in [0.717, 1.165) is 6.07 Å². The molecule has 1 aromatic rings. The molecule has 1 aromatic heterocycles. The van der Waals surface area contributed by atoms with Crippen LogP contribution in [0, 0.1) is 6.92 Å². The van der Waals surface area contributed by atoms with Crippen molar-refractivity contribution in [2.24, 2.45) is 0 Å². The Kier molecular flexibility index (Phi) is 2.16. The summed E-state index contributed by atoms with van der Waals surface area (Å²) in [6, 6.07) is 2.49. The van der Waals surface area contributed by atoms with Crippen molar-refractivity contribution in [3.63, 3.8) is 0 Å². The molecule has 66 valence electrons. The maximum Gasteiger partial charge on any atom is 0.574 e. The zero-order valence-electron chi connectivity index (χ0n) is 6.09. The van der Waals surface area contributed by atoms with E-state index in [9.17, 15) is 13.2 Å². The lowest BCUT2D eigenvalue weighted by molar-refractivity contribution is -0.276. The smallest absolute Gasteiger partial charge is 0.386 e. The van der Waals surface area contributed by atoms with Crippen molar-refractivity contribution in [2.45, 2.75) is 13.3 Å². The largest absolute Gasteiger partial charge is 0.574 e. The highest BCUT2D eigenvalue weighted by atomic mass is 19.4. The second-order valence-electron chi connectivity index (χ2n) is 2.06. The Balaban J connectivity index is 2.71. The van der Waals surface area contributed by atoms with Gasteiger partial charge in [-0.25, -0.2) is 0 Å². The summed E-state index contributed by atoms with van der Waals surface area (Å²) in [5.74, 6) is -0.548. The van der Waals surface area contributed by atoms with Crippen LogP contribution in [-0.2, 0) is 0 Å². The summed E-state index contributed by atoms with van der Waals surface area (Å²) in [5, 5.41) is 6.56. The minimum atomic E-state index is -4.70. The molecule has 0 unspecified atom stereocenters. The highest BCUT2D eigenvalue weighted by Crippen LogP contribution is 2.19. The lowest BCUT2D eigenvalue weighted by Gasteiger charge is -2.06. The first-order valence-corrected chi connectivity index (χ1v) is 3.03. The van der Waals surface area contributed by atoms with Gasteiger partial charge in [-0.3, -0.25) is 0 Å². The molecular weight excluding hydrogens is 173 g/mol. The molecule has 0 aliphatic rings. The number of aromatic nitrogens is 2. The summed E-state index contributed by atoms with van der Waals surface area (Å²) in [7, 11) is 0. The van der Waals surface area contributed by atoms with Gasteiger partial charge in [0.15, 0.2) is 0 Å². The molecule has 0 fully saturated rings. The van der Waals surface area contributed by atoms with Crippen LogP contribution in [0.1, 0.15) is 5.69 Å². The minimum absolute atomic E-state index is 0.532. The average molecular weight is 178 g/mol. The van der Waals surface area contributed by atoms with E-state index < -0.39 is 12.2 Å². The van der Waals surface area contributed by atoms with Crippen LogP contribution in [0.15, 0.2) is 12.1 Å². The van der Waals surface area contributed by atoms with E-state index in [2.05, 4.69) is 14.9 Å². The van der Waals surface area contributed by atoms with Crippen molar-refractivity contribution in [2.75, 3.05) is 0 Å². The Bertz CT molecular complexity index is 256. The molecule has 0 saturated heterocycles. The monoisotopic (exact) mass is 178 g/mol. The standard InChI is InChI=1S/C6H5F3N2O/c1-4-2-3-5(11-10-4)12-6(7,8)9/h2-3H,1H3. The predicted molar refractivity (Wildman–Crippen MR) is 33.5 cm³/mol. The molecule has 0 spiro atoms. The van der Waals surface area contributed by atoms with Gasteiger partial charge >= 0.3 is 6.36 Å². The van der Waals surface area contributed by atoms with Crippen molar-refractivity contribution in [3.05, 3.63) is 17.8 Å². The maximum absolute atomic E-state index is 11.6. The molecule has 0 aromatic carbocycles. The molecule has 0 amide bonds. The quantitative estimate of drug-likeness (QED) is 0.656. The average Bonchev–Trinajstić information content (AvgIpc) is 1.91. The number of alkyl halides is 3. The van der Waals surface area contributed by atoms with Crippen LogP contribution in [0.2, 0.25) is 0 Å². The summed E-state index contributed by atoms with van der Waals surface area (Å²) in [5.41, 5.74) is 0.532.